The number of hydrogen-bond donors (Lipinski definition) is 2. The number of carbonyl (C=O) groups excluding carboxylic acids is 1. The van der Waals surface area contributed by atoms with Crippen LogP contribution < -0.4 is 5.43 Å². The fourth-order valence-electron chi connectivity index (χ4n) is 1.64. The first-order valence-electron chi connectivity index (χ1n) is 6.06. The average molecular weight is 307 g/mol. The Bertz CT molecular complexity index is 699. The minimum absolute atomic E-state index is 0.0261. The summed E-state index contributed by atoms with van der Waals surface area (Å²) in [5.41, 5.74) is 3.52. The molecule has 2 aromatic carbocycles. The molecule has 0 spiro atoms. The van der Waals surface area contributed by atoms with Crippen molar-refractivity contribution >= 4 is 23.2 Å². The number of phenols is 1. The third-order valence-electron chi connectivity index (χ3n) is 2.79. The molecule has 0 saturated heterocycles. The van der Waals surface area contributed by atoms with Crippen molar-refractivity contribution in [3.05, 3.63) is 64.4 Å². The van der Waals surface area contributed by atoms with Crippen LogP contribution in [-0.4, -0.2) is 16.7 Å². The van der Waals surface area contributed by atoms with Crippen LogP contribution in [0.1, 0.15) is 22.8 Å². The summed E-state index contributed by atoms with van der Waals surface area (Å²) < 4.78 is 12.8. The van der Waals surface area contributed by atoms with Gasteiger partial charge in [0.1, 0.15) is 11.6 Å². The van der Waals surface area contributed by atoms with Crippen molar-refractivity contribution in [2.75, 3.05) is 0 Å². The highest BCUT2D eigenvalue weighted by molar-refractivity contribution is 6.31. The fourth-order valence-corrected chi connectivity index (χ4v) is 1.81. The molecule has 21 heavy (non-hydrogen) atoms. The highest BCUT2D eigenvalue weighted by Crippen LogP contribution is 2.21. The van der Waals surface area contributed by atoms with E-state index in [1.54, 1.807) is 19.1 Å². The molecule has 1 amide bonds. The molecule has 108 valence electrons. The predicted octanol–water partition coefficient (Wildman–Crippen LogP) is 3.34. The second-order valence-electron chi connectivity index (χ2n) is 4.31. The minimum atomic E-state index is -0.587. The van der Waals surface area contributed by atoms with E-state index in [-0.39, 0.29) is 17.1 Å². The highest BCUT2D eigenvalue weighted by Gasteiger charge is 2.11. The molecule has 0 bridgehead atoms. The Morgan fingerprint density at radius 2 is 1.90 bits per heavy atom. The van der Waals surface area contributed by atoms with Crippen LogP contribution in [0.15, 0.2) is 47.6 Å². The molecule has 0 unspecified atom stereocenters. The van der Waals surface area contributed by atoms with Crippen LogP contribution in [0.3, 0.4) is 0 Å². The lowest BCUT2D eigenvalue weighted by Gasteiger charge is -2.05. The SMILES string of the molecule is CC(=NNC(=O)c1cc(Cl)ccc1O)c1ccc(F)cc1. The molecule has 0 aliphatic rings. The zero-order valence-corrected chi connectivity index (χ0v) is 11.9. The van der Waals surface area contributed by atoms with E-state index in [1.807, 2.05) is 0 Å². The molecule has 6 heteroatoms. The molecule has 0 aliphatic heterocycles. The average Bonchev–Trinajstić information content (AvgIpc) is 2.47. The van der Waals surface area contributed by atoms with Crippen molar-refractivity contribution < 1.29 is 14.3 Å². The number of amides is 1. The summed E-state index contributed by atoms with van der Waals surface area (Å²) in [4.78, 5) is 11.9. The van der Waals surface area contributed by atoms with E-state index >= 15 is 0 Å². The first kappa shape index (κ1) is 15.0. The van der Waals surface area contributed by atoms with Crippen LogP contribution in [0.25, 0.3) is 0 Å². The Balaban J connectivity index is 2.14. The van der Waals surface area contributed by atoms with Gasteiger partial charge in [-0.2, -0.15) is 5.10 Å². The van der Waals surface area contributed by atoms with E-state index in [9.17, 15) is 14.3 Å². The van der Waals surface area contributed by atoms with E-state index < -0.39 is 5.91 Å². The van der Waals surface area contributed by atoms with E-state index in [0.29, 0.717) is 16.3 Å². The fraction of sp³-hybridized carbons (Fsp3) is 0.0667. The molecule has 4 nitrogen and oxygen atoms in total. The Morgan fingerprint density at radius 1 is 1.24 bits per heavy atom. The van der Waals surface area contributed by atoms with Gasteiger partial charge in [-0.25, -0.2) is 9.82 Å². The van der Waals surface area contributed by atoms with Gasteiger partial charge in [-0.1, -0.05) is 23.7 Å². The number of nitrogens with zero attached hydrogens (tertiary/aromatic N) is 1. The standard InChI is InChI=1S/C15H12ClFN2O2/c1-9(10-2-5-12(17)6-3-10)18-19-15(21)13-8-11(16)4-7-14(13)20/h2-8,20H,1H3,(H,19,21). The van der Waals surface area contributed by atoms with Gasteiger partial charge < -0.3 is 5.11 Å². The van der Waals surface area contributed by atoms with Gasteiger partial charge in [0.2, 0.25) is 0 Å². The van der Waals surface area contributed by atoms with Gasteiger partial charge in [-0.05, 0) is 42.8 Å². The van der Waals surface area contributed by atoms with Crippen LogP contribution in [0.4, 0.5) is 4.39 Å². The van der Waals surface area contributed by atoms with Gasteiger partial charge >= 0.3 is 0 Å². The number of aromatic hydroxyl groups is 1. The summed E-state index contributed by atoms with van der Waals surface area (Å²) in [7, 11) is 0. The minimum Gasteiger partial charge on any atom is -0.507 e. The molecule has 0 aromatic heterocycles. The van der Waals surface area contributed by atoms with Crippen LogP contribution in [-0.2, 0) is 0 Å². The smallest absolute Gasteiger partial charge is 0.275 e. The summed E-state index contributed by atoms with van der Waals surface area (Å²) in [5.74, 6) is -1.12. The summed E-state index contributed by atoms with van der Waals surface area (Å²) in [6.45, 7) is 1.67. The first-order chi connectivity index (χ1) is 9.97. The maximum atomic E-state index is 12.8. The number of hydrogen-bond acceptors (Lipinski definition) is 3. The largest absolute Gasteiger partial charge is 0.507 e. The van der Waals surface area contributed by atoms with Crippen LogP contribution >= 0.6 is 11.6 Å². The summed E-state index contributed by atoms with van der Waals surface area (Å²) in [5, 5.41) is 13.9. The second kappa shape index (κ2) is 6.37. The molecule has 0 saturated carbocycles. The predicted molar refractivity (Wildman–Crippen MR) is 79.2 cm³/mol. The van der Waals surface area contributed by atoms with Gasteiger partial charge in [0, 0.05) is 5.02 Å². The normalized spacial score (nSPS) is 11.3. The Kier molecular flexibility index (Phi) is 4.55. The van der Waals surface area contributed by atoms with Crippen molar-refractivity contribution in [3.8, 4) is 5.75 Å². The number of hydrazone groups is 1. The molecule has 0 radical (unpaired) electrons. The van der Waals surface area contributed by atoms with Crippen molar-refractivity contribution in [3.63, 3.8) is 0 Å². The molecule has 2 N–H and O–H groups in total. The van der Waals surface area contributed by atoms with E-state index in [1.165, 1.54) is 30.3 Å². The Labute approximate surface area is 125 Å². The number of benzene rings is 2. The zero-order valence-electron chi connectivity index (χ0n) is 11.1. The maximum Gasteiger partial charge on any atom is 0.275 e. The van der Waals surface area contributed by atoms with Crippen molar-refractivity contribution in [2.45, 2.75) is 6.92 Å². The van der Waals surface area contributed by atoms with Gasteiger partial charge in [-0.15, -0.1) is 0 Å². The summed E-state index contributed by atoms with van der Waals surface area (Å²) >= 11 is 5.77. The lowest BCUT2D eigenvalue weighted by molar-refractivity contribution is 0.0952. The Morgan fingerprint density at radius 3 is 2.57 bits per heavy atom. The first-order valence-corrected chi connectivity index (χ1v) is 6.44. The number of nitrogens with one attached hydrogen (secondary N) is 1. The Hall–Kier alpha value is -2.40. The lowest BCUT2D eigenvalue weighted by Crippen LogP contribution is -2.19. The van der Waals surface area contributed by atoms with Crippen molar-refractivity contribution in [1.29, 1.82) is 0 Å². The second-order valence-corrected chi connectivity index (χ2v) is 4.74. The number of phenolic OH excluding ortho intramolecular Hbond substituents is 1. The van der Waals surface area contributed by atoms with Gasteiger partial charge in [-0.3, -0.25) is 4.79 Å². The zero-order chi connectivity index (χ0) is 15.4. The molecule has 2 rings (SSSR count). The van der Waals surface area contributed by atoms with E-state index in [0.717, 1.165) is 0 Å². The highest BCUT2D eigenvalue weighted by atomic mass is 35.5. The third-order valence-corrected chi connectivity index (χ3v) is 3.03. The quantitative estimate of drug-likeness (QED) is 0.675. The molecule has 0 fully saturated rings. The van der Waals surface area contributed by atoms with Crippen molar-refractivity contribution in [1.82, 2.24) is 5.43 Å². The maximum absolute atomic E-state index is 12.8. The summed E-state index contributed by atoms with van der Waals surface area (Å²) in [6.07, 6.45) is 0. The third kappa shape index (κ3) is 3.79. The van der Waals surface area contributed by atoms with E-state index in [2.05, 4.69) is 10.5 Å². The van der Waals surface area contributed by atoms with E-state index in [4.69, 9.17) is 11.6 Å². The van der Waals surface area contributed by atoms with Crippen molar-refractivity contribution in [2.24, 2.45) is 5.10 Å². The number of rotatable bonds is 3. The molecule has 0 heterocycles. The lowest BCUT2D eigenvalue weighted by atomic mass is 10.1. The molecule has 2 aromatic rings. The number of carbonyl (C=O) groups is 1. The topological polar surface area (TPSA) is 61.7 Å². The van der Waals surface area contributed by atoms with Crippen LogP contribution in [0.5, 0.6) is 5.75 Å². The molecule has 0 aliphatic carbocycles. The van der Waals surface area contributed by atoms with Gasteiger partial charge in [0.25, 0.3) is 5.91 Å². The molecular weight excluding hydrogens is 295 g/mol. The molecule has 0 atom stereocenters. The van der Waals surface area contributed by atoms with Gasteiger partial charge in [0.15, 0.2) is 0 Å². The van der Waals surface area contributed by atoms with Gasteiger partial charge in [0.05, 0.1) is 11.3 Å². The summed E-state index contributed by atoms with van der Waals surface area (Å²) in [6, 6.07) is 9.86. The number of halogens is 2. The van der Waals surface area contributed by atoms with Crippen LogP contribution in [0, 0.1) is 5.82 Å². The monoisotopic (exact) mass is 306 g/mol. The molecular formula is C15H12ClFN2O2. The van der Waals surface area contributed by atoms with Crippen LogP contribution in [0.2, 0.25) is 5.02 Å².